The van der Waals surface area contributed by atoms with E-state index in [9.17, 15) is 9.90 Å². The molecule has 5 heteroatoms. The van der Waals surface area contributed by atoms with Gasteiger partial charge in [-0.1, -0.05) is 46.3 Å². The van der Waals surface area contributed by atoms with E-state index in [2.05, 4.69) is 33.4 Å². The van der Waals surface area contributed by atoms with Crippen LogP contribution in [0.15, 0.2) is 48.5 Å². The second kappa shape index (κ2) is 7.84. The zero-order valence-electron chi connectivity index (χ0n) is 12.0. The maximum atomic E-state index is 11.0. The van der Waals surface area contributed by atoms with Crippen molar-refractivity contribution in [2.45, 2.75) is 17.7 Å². The van der Waals surface area contributed by atoms with Gasteiger partial charge in [0.15, 0.2) is 0 Å². The van der Waals surface area contributed by atoms with Crippen molar-refractivity contribution in [2.75, 3.05) is 11.9 Å². The first-order valence-corrected chi connectivity index (χ1v) is 7.96. The van der Waals surface area contributed by atoms with Gasteiger partial charge in [0, 0.05) is 17.1 Å². The van der Waals surface area contributed by atoms with Crippen LogP contribution in [0.5, 0.6) is 5.75 Å². The van der Waals surface area contributed by atoms with Crippen LogP contribution in [-0.2, 0) is 6.42 Å². The predicted octanol–water partition coefficient (Wildman–Crippen LogP) is 3.90. The predicted molar refractivity (Wildman–Crippen MR) is 91.0 cm³/mol. The number of aryl methyl sites for hydroxylation is 1. The molecule has 0 saturated heterocycles. The molecule has 22 heavy (non-hydrogen) atoms. The van der Waals surface area contributed by atoms with Gasteiger partial charge in [-0.25, -0.2) is 4.79 Å². The molecule has 0 amide bonds. The number of carboxylic acid groups (broad SMARTS) is 1. The second-order valence-corrected chi connectivity index (χ2v) is 6.33. The summed E-state index contributed by atoms with van der Waals surface area (Å²) in [5.41, 5.74) is 1.88. The van der Waals surface area contributed by atoms with Gasteiger partial charge in [0.05, 0.1) is 0 Å². The van der Waals surface area contributed by atoms with Gasteiger partial charge >= 0.3 is 5.97 Å². The van der Waals surface area contributed by atoms with Gasteiger partial charge in [-0.05, 0) is 36.6 Å². The number of alkyl halides is 1. The lowest BCUT2D eigenvalue weighted by atomic mass is 10.1. The average Bonchev–Trinajstić information content (AvgIpc) is 2.53. The molecule has 0 saturated carbocycles. The topological polar surface area (TPSA) is 69.6 Å². The van der Waals surface area contributed by atoms with Gasteiger partial charge in [0.25, 0.3) is 0 Å². The number of nitrogens with one attached hydrogen (secondary N) is 1. The van der Waals surface area contributed by atoms with E-state index in [-0.39, 0.29) is 16.1 Å². The number of aromatic carboxylic acids is 1. The number of halogens is 1. The van der Waals surface area contributed by atoms with Gasteiger partial charge in [-0.2, -0.15) is 0 Å². The fourth-order valence-corrected chi connectivity index (χ4v) is 2.51. The lowest BCUT2D eigenvalue weighted by molar-refractivity contribution is 0.0694. The molecule has 0 aliphatic carbocycles. The summed E-state index contributed by atoms with van der Waals surface area (Å²) in [6.07, 6.45) is 1.95. The van der Waals surface area contributed by atoms with Crippen LogP contribution >= 0.6 is 15.9 Å². The quantitative estimate of drug-likeness (QED) is 0.515. The zero-order chi connectivity index (χ0) is 15.9. The van der Waals surface area contributed by atoms with Gasteiger partial charge in [0.2, 0.25) is 0 Å². The summed E-state index contributed by atoms with van der Waals surface area (Å²) in [5.74, 6) is -1.36. The molecular formula is C17H18BrNO3. The van der Waals surface area contributed by atoms with Crippen LogP contribution in [0.25, 0.3) is 0 Å². The van der Waals surface area contributed by atoms with E-state index in [0.29, 0.717) is 12.2 Å². The number of carboxylic acids is 1. The molecule has 0 aliphatic rings. The average molecular weight is 364 g/mol. The van der Waals surface area contributed by atoms with Crippen LogP contribution in [0.1, 0.15) is 22.3 Å². The maximum Gasteiger partial charge on any atom is 0.339 e. The molecular weight excluding hydrogens is 346 g/mol. The first kappa shape index (κ1) is 16.4. The Labute approximate surface area is 137 Å². The van der Waals surface area contributed by atoms with Gasteiger partial charge < -0.3 is 15.5 Å². The molecule has 2 aromatic carbocycles. The van der Waals surface area contributed by atoms with Crippen LogP contribution < -0.4 is 5.32 Å². The summed E-state index contributed by atoms with van der Waals surface area (Å²) in [4.78, 5) is 11.2. The van der Waals surface area contributed by atoms with Gasteiger partial charge in [-0.15, -0.1) is 0 Å². The van der Waals surface area contributed by atoms with E-state index < -0.39 is 5.97 Å². The van der Waals surface area contributed by atoms with Crippen molar-refractivity contribution in [2.24, 2.45) is 0 Å². The van der Waals surface area contributed by atoms with Gasteiger partial charge in [0.1, 0.15) is 11.3 Å². The van der Waals surface area contributed by atoms with Crippen molar-refractivity contribution in [3.8, 4) is 5.75 Å². The van der Waals surface area contributed by atoms with E-state index in [4.69, 9.17) is 5.11 Å². The SMILES string of the molecule is O=C(O)c1cc(NCC(Br)CCc2ccccc2)ccc1O. The Morgan fingerprint density at radius 2 is 1.91 bits per heavy atom. The standard InChI is InChI=1S/C17H18BrNO3/c18-13(7-6-12-4-2-1-3-5-12)11-19-14-8-9-16(20)15(10-14)17(21)22/h1-5,8-10,13,19-20H,6-7,11H2,(H,21,22). The minimum atomic E-state index is -1.14. The van der Waals surface area contributed by atoms with Crippen molar-refractivity contribution in [1.82, 2.24) is 0 Å². The molecule has 116 valence electrons. The van der Waals surface area contributed by atoms with Crippen molar-refractivity contribution in [3.05, 3.63) is 59.7 Å². The largest absolute Gasteiger partial charge is 0.507 e. The van der Waals surface area contributed by atoms with E-state index in [1.807, 2.05) is 18.2 Å². The van der Waals surface area contributed by atoms with Crippen LogP contribution in [-0.4, -0.2) is 27.6 Å². The first-order chi connectivity index (χ1) is 10.6. The normalized spacial score (nSPS) is 11.9. The molecule has 3 N–H and O–H groups in total. The highest BCUT2D eigenvalue weighted by atomic mass is 79.9. The first-order valence-electron chi connectivity index (χ1n) is 7.04. The summed E-state index contributed by atoms with van der Waals surface area (Å²) in [5, 5.41) is 21.6. The minimum absolute atomic E-state index is 0.0968. The number of hydrogen-bond acceptors (Lipinski definition) is 3. The number of rotatable bonds is 7. The number of aromatic hydroxyl groups is 1. The van der Waals surface area contributed by atoms with Crippen LogP contribution in [0.4, 0.5) is 5.69 Å². The van der Waals surface area contributed by atoms with Crippen molar-refractivity contribution in [3.63, 3.8) is 0 Å². The van der Waals surface area contributed by atoms with Gasteiger partial charge in [-0.3, -0.25) is 0 Å². The Hall–Kier alpha value is -2.01. The fourth-order valence-electron chi connectivity index (χ4n) is 2.12. The molecule has 0 aromatic heterocycles. The highest BCUT2D eigenvalue weighted by Crippen LogP contribution is 2.22. The monoisotopic (exact) mass is 363 g/mol. The van der Waals surface area contributed by atoms with Crippen LogP contribution in [0.3, 0.4) is 0 Å². The Balaban J connectivity index is 1.84. The number of hydrogen-bond donors (Lipinski definition) is 3. The summed E-state index contributed by atoms with van der Waals surface area (Å²) in [6.45, 7) is 0.677. The molecule has 0 fully saturated rings. The number of carbonyl (C=O) groups is 1. The third-order valence-corrected chi connectivity index (χ3v) is 4.13. The van der Waals surface area contributed by atoms with Crippen LogP contribution in [0.2, 0.25) is 0 Å². The molecule has 2 aromatic rings. The summed E-state index contributed by atoms with van der Waals surface area (Å²) < 4.78 is 0. The third kappa shape index (κ3) is 4.77. The Morgan fingerprint density at radius 3 is 2.59 bits per heavy atom. The van der Waals surface area contributed by atoms with E-state index in [0.717, 1.165) is 12.8 Å². The van der Waals surface area contributed by atoms with Crippen molar-refractivity contribution >= 4 is 27.6 Å². The molecule has 0 radical (unpaired) electrons. The molecule has 1 atom stereocenters. The molecule has 1 unspecified atom stereocenters. The number of phenols is 1. The Kier molecular flexibility index (Phi) is 5.83. The van der Waals surface area contributed by atoms with Crippen molar-refractivity contribution in [1.29, 1.82) is 0 Å². The lowest BCUT2D eigenvalue weighted by Crippen LogP contribution is -2.15. The zero-order valence-corrected chi connectivity index (χ0v) is 13.6. The molecule has 0 aliphatic heterocycles. The van der Waals surface area contributed by atoms with E-state index in [1.165, 1.54) is 17.7 Å². The molecule has 0 bridgehead atoms. The highest BCUT2D eigenvalue weighted by molar-refractivity contribution is 9.09. The van der Waals surface area contributed by atoms with Crippen molar-refractivity contribution < 1.29 is 15.0 Å². The smallest absolute Gasteiger partial charge is 0.339 e. The second-order valence-electron chi connectivity index (χ2n) is 5.04. The molecule has 0 spiro atoms. The third-order valence-electron chi connectivity index (χ3n) is 3.34. The Morgan fingerprint density at radius 1 is 1.18 bits per heavy atom. The Bertz CT molecular complexity index is 631. The fraction of sp³-hybridized carbons (Fsp3) is 0.235. The van der Waals surface area contributed by atoms with E-state index >= 15 is 0 Å². The summed E-state index contributed by atoms with van der Waals surface area (Å²) in [6, 6.07) is 14.8. The van der Waals surface area contributed by atoms with E-state index in [1.54, 1.807) is 6.07 Å². The number of anilines is 1. The molecule has 4 nitrogen and oxygen atoms in total. The molecule has 0 heterocycles. The maximum absolute atomic E-state index is 11.0. The number of benzene rings is 2. The molecule has 2 rings (SSSR count). The highest BCUT2D eigenvalue weighted by Gasteiger charge is 2.11. The summed E-state index contributed by atoms with van der Waals surface area (Å²) >= 11 is 3.63. The lowest BCUT2D eigenvalue weighted by Gasteiger charge is -2.13. The minimum Gasteiger partial charge on any atom is -0.507 e. The summed E-state index contributed by atoms with van der Waals surface area (Å²) in [7, 11) is 0. The van der Waals surface area contributed by atoms with Crippen LogP contribution in [0, 0.1) is 0 Å².